The van der Waals surface area contributed by atoms with Crippen LogP contribution in [0.4, 0.5) is 4.39 Å². The van der Waals surface area contributed by atoms with Crippen molar-refractivity contribution < 1.29 is 12.8 Å². The van der Waals surface area contributed by atoms with Crippen molar-refractivity contribution in [3.63, 3.8) is 0 Å². The van der Waals surface area contributed by atoms with Gasteiger partial charge in [-0.15, -0.1) is 0 Å². The quantitative estimate of drug-likeness (QED) is 0.677. The molecule has 0 fully saturated rings. The fourth-order valence-electron chi connectivity index (χ4n) is 2.58. The van der Waals surface area contributed by atoms with Crippen molar-refractivity contribution in [3.05, 3.63) is 100 Å². The molecule has 0 aliphatic rings. The third-order valence-corrected chi connectivity index (χ3v) is 5.70. The fraction of sp³-hybridized carbons (Fsp3) is 0.100. The SMILES string of the molecule is Cc1ccc(S(=O)(=O)N[C@@H](c2ccc(F)cc2)c2ccc(Cl)cc2)cc1. The Morgan fingerprint density at radius 2 is 1.35 bits per heavy atom. The van der Waals surface area contributed by atoms with Crippen molar-refractivity contribution in [2.45, 2.75) is 17.9 Å². The fourth-order valence-corrected chi connectivity index (χ4v) is 3.92. The Hall–Kier alpha value is -2.21. The molecule has 0 radical (unpaired) electrons. The van der Waals surface area contributed by atoms with Crippen molar-refractivity contribution in [2.75, 3.05) is 0 Å². The maximum Gasteiger partial charge on any atom is 0.241 e. The summed E-state index contributed by atoms with van der Waals surface area (Å²) in [4.78, 5) is 0.171. The van der Waals surface area contributed by atoms with Gasteiger partial charge in [0.25, 0.3) is 0 Å². The van der Waals surface area contributed by atoms with Gasteiger partial charge in [0.05, 0.1) is 10.9 Å². The van der Waals surface area contributed by atoms with E-state index in [0.717, 1.165) is 5.56 Å². The average molecular weight is 390 g/mol. The predicted molar refractivity (Wildman–Crippen MR) is 101 cm³/mol. The Labute approximate surface area is 157 Å². The number of hydrogen-bond donors (Lipinski definition) is 1. The molecular formula is C20H17ClFNO2S. The summed E-state index contributed by atoms with van der Waals surface area (Å²) < 4.78 is 41.6. The van der Waals surface area contributed by atoms with E-state index in [9.17, 15) is 12.8 Å². The number of hydrogen-bond acceptors (Lipinski definition) is 2. The molecule has 0 saturated carbocycles. The molecule has 134 valence electrons. The van der Waals surface area contributed by atoms with Gasteiger partial charge in [0.2, 0.25) is 10.0 Å². The summed E-state index contributed by atoms with van der Waals surface area (Å²) in [6.45, 7) is 1.89. The first kappa shape index (κ1) is 18.6. The molecule has 0 saturated heterocycles. The number of nitrogens with one attached hydrogen (secondary N) is 1. The summed E-state index contributed by atoms with van der Waals surface area (Å²) in [5.41, 5.74) is 2.30. The van der Waals surface area contributed by atoms with Crippen LogP contribution in [0.25, 0.3) is 0 Å². The second kappa shape index (κ2) is 7.58. The van der Waals surface area contributed by atoms with Gasteiger partial charge >= 0.3 is 0 Å². The smallest absolute Gasteiger partial charge is 0.207 e. The van der Waals surface area contributed by atoms with Crippen molar-refractivity contribution in [3.8, 4) is 0 Å². The first-order chi connectivity index (χ1) is 12.3. The summed E-state index contributed by atoms with van der Waals surface area (Å²) in [6.07, 6.45) is 0. The molecule has 0 aliphatic carbocycles. The first-order valence-corrected chi connectivity index (χ1v) is 9.81. The molecule has 3 aromatic rings. The minimum Gasteiger partial charge on any atom is -0.207 e. The third kappa shape index (κ3) is 4.30. The van der Waals surface area contributed by atoms with Crippen molar-refractivity contribution in [2.24, 2.45) is 0 Å². The maximum atomic E-state index is 13.3. The molecule has 6 heteroatoms. The van der Waals surface area contributed by atoms with Gasteiger partial charge < -0.3 is 0 Å². The zero-order valence-corrected chi connectivity index (χ0v) is 15.6. The average Bonchev–Trinajstić information content (AvgIpc) is 2.62. The molecule has 1 atom stereocenters. The second-order valence-corrected chi connectivity index (χ2v) is 8.12. The summed E-state index contributed by atoms with van der Waals surface area (Å²) in [7, 11) is -3.77. The first-order valence-electron chi connectivity index (χ1n) is 7.95. The number of aryl methyl sites for hydroxylation is 1. The third-order valence-electron chi connectivity index (χ3n) is 4.01. The van der Waals surface area contributed by atoms with Gasteiger partial charge in [-0.05, 0) is 54.4 Å². The molecular weight excluding hydrogens is 373 g/mol. The Balaban J connectivity index is 2.01. The van der Waals surface area contributed by atoms with Gasteiger partial charge in [0.15, 0.2) is 0 Å². The summed E-state index contributed by atoms with van der Waals surface area (Å²) >= 11 is 5.94. The number of benzene rings is 3. The van der Waals surface area contributed by atoms with E-state index < -0.39 is 16.1 Å². The topological polar surface area (TPSA) is 46.2 Å². The maximum absolute atomic E-state index is 13.3. The monoisotopic (exact) mass is 389 g/mol. The minimum absolute atomic E-state index is 0.171. The molecule has 26 heavy (non-hydrogen) atoms. The molecule has 0 unspecified atom stereocenters. The van der Waals surface area contributed by atoms with Gasteiger partial charge in [-0.1, -0.05) is 53.6 Å². The van der Waals surface area contributed by atoms with E-state index >= 15 is 0 Å². The van der Waals surface area contributed by atoms with E-state index in [1.54, 1.807) is 60.7 Å². The van der Waals surface area contributed by atoms with Gasteiger partial charge in [-0.2, -0.15) is 4.72 Å². The van der Waals surface area contributed by atoms with Crippen LogP contribution in [0.15, 0.2) is 77.7 Å². The normalized spacial score (nSPS) is 12.7. The van der Waals surface area contributed by atoms with Crippen LogP contribution in [0.5, 0.6) is 0 Å². The van der Waals surface area contributed by atoms with Crippen molar-refractivity contribution in [1.82, 2.24) is 4.72 Å². The van der Waals surface area contributed by atoms with Crippen LogP contribution in [0.3, 0.4) is 0 Å². The van der Waals surface area contributed by atoms with E-state index in [-0.39, 0.29) is 10.7 Å². The van der Waals surface area contributed by atoms with Gasteiger partial charge in [-0.25, -0.2) is 12.8 Å². The molecule has 0 aromatic heterocycles. The molecule has 3 nitrogen and oxygen atoms in total. The van der Waals surface area contributed by atoms with E-state index in [2.05, 4.69) is 4.72 Å². The summed E-state index contributed by atoms with van der Waals surface area (Å²) in [5, 5.41) is 0.549. The highest BCUT2D eigenvalue weighted by Gasteiger charge is 2.23. The highest BCUT2D eigenvalue weighted by atomic mass is 35.5. The summed E-state index contributed by atoms with van der Waals surface area (Å²) in [5.74, 6) is -0.384. The number of rotatable bonds is 5. The summed E-state index contributed by atoms with van der Waals surface area (Å²) in [6, 6.07) is 18.5. The Morgan fingerprint density at radius 1 is 0.846 bits per heavy atom. The van der Waals surface area contributed by atoms with Gasteiger partial charge in [0, 0.05) is 5.02 Å². The standard InChI is InChI=1S/C20H17ClFNO2S/c1-14-2-12-19(13-3-14)26(24,25)23-20(15-4-8-17(21)9-5-15)16-6-10-18(22)11-7-16/h2-13,20,23H,1H3/t20-/m1/s1. The van der Waals surface area contributed by atoms with Gasteiger partial charge in [0.1, 0.15) is 5.82 Å². The second-order valence-electron chi connectivity index (χ2n) is 5.97. The number of sulfonamides is 1. The predicted octanol–water partition coefficient (Wildman–Crippen LogP) is 4.86. The van der Waals surface area contributed by atoms with Crippen LogP contribution in [-0.4, -0.2) is 8.42 Å². The zero-order valence-electron chi connectivity index (χ0n) is 14.0. The lowest BCUT2D eigenvalue weighted by atomic mass is 10.00. The lowest BCUT2D eigenvalue weighted by Gasteiger charge is -2.20. The molecule has 0 bridgehead atoms. The molecule has 0 aliphatic heterocycles. The highest BCUT2D eigenvalue weighted by Crippen LogP contribution is 2.26. The van der Waals surface area contributed by atoms with Crippen molar-refractivity contribution in [1.29, 1.82) is 0 Å². The van der Waals surface area contributed by atoms with E-state index in [4.69, 9.17) is 11.6 Å². The Morgan fingerprint density at radius 3 is 1.88 bits per heavy atom. The lowest BCUT2D eigenvalue weighted by molar-refractivity contribution is 0.571. The molecule has 1 N–H and O–H groups in total. The zero-order chi connectivity index (χ0) is 18.7. The van der Waals surface area contributed by atoms with Crippen LogP contribution >= 0.6 is 11.6 Å². The van der Waals surface area contributed by atoms with Crippen LogP contribution in [0.1, 0.15) is 22.7 Å². The molecule has 3 aromatic carbocycles. The van der Waals surface area contributed by atoms with Crippen LogP contribution in [0, 0.1) is 12.7 Å². The van der Waals surface area contributed by atoms with Crippen LogP contribution in [0.2, 0.25) is 5.02 Å². The number of halogens is 2. The van der Waals surface area contributed by atoms with E-state index in [1.807, 2.05) is 6.92 Å². The van der Waals surface area contributed by atoms with Crippen LogP contribution in [-0.2, 0) is 10.0 Å². The largest absolute Gasteiger partial charge is 0.241 e. The molecule has 0 amide bonds. The molecule has 0 heterocycles. The minimum atomic E-state index is -3.77. The van der Waals surface area contributed by atoms with E-state index in [0.29, 0.717) is 16.1 Å². The van der Waals surface area contributed by atoms with Gasteiger partial charge in [-0.3, -0.25) is 0 Å². The van der Waals surface area contributed by atoms with Crippen molar-refractivity contribution >= 4 is 21.6 Å². The molecule has 0 spiro atoms. The van der Waals surface area contributed by atoms with Crippen LogP contribution < -0.4 is 4.72 Å². The molecule has 3 rings (SSSR count). The van der Waals surface area contributed by atoms with E-state index in [1.165, 1.54) is 12.1 Å². The Bertz CT molecular complexity index is 940. The lowest BCUT2D eigenvalue weighted by Crippen LogP contribution is -2.29. The Kier molecular flexibility index (Phi) is 5.41. The highest BCUT2D eigenvalue weighted by molar-refractivity contribution is 7.89.